The molecule has 2 N–H and O–H groups in total. The molecule has 3 unspecified atom stereocenters. The van der Waals surface area contributed by atoms with E-state index in [1.54, 1.807) is 6.08 Å². The van der Waals surface area contributed by atoms with Gasteiger partial charge in [-0.2, -0.15) is 0 Å². The molecule has 0 aromatic carbocycles. The van der Waals surface area contributed by atoms with Crippen molar-refractivity contribution in [2.75, 3.05) is 40.9 Å². The van der Waals surface area contributed by atoms with E-state index in [2.05, 4.69) is 55.6 Å². The zero-order valence-corrected chi connectivity index (χ0v) is 39.4. The standard InChI is InChI=1S/C49H93N2O6P/c1-6-8-10-12-14-16-18-20-22-24-25-26-27-28-30-32-34-36-38-40-42-48(52)47(46-57-58(54,55)56-45-44-51(3,4)5)50-49(53)43-41-39-37-35-33-31-29-23-21-19-17-15-13-11-9-7-2/h23,26-27,29,32,34,40,42,47-48,52H,6-22,24-25,28,30-31,33,35-39,41,43-46H2,1-5H3,(H-,50,53,54,55)/b27-26+,29-23-,34-32+,42-40+. The van der Waals surface area contributed by atoms with E-state index in [9.17, 15) is 19.4 Å². The van der Waals surface area contributed by atoms with E-state index in [-0.39, 0.29) is 12.5 Å². The van der Waals surface area contributed by atoms with Crippen LogP contribution in [-0.4, -0.2) is 68.5 Å². The molecule has 0 radical (unpaired) electrons. The Kier molecular flexibility index (Phi) is 39.8. The normalized spacial score (nSPS) is 14.7. The third-order valence-corrected chi connectivity index (χ3v) is 11.5. The maximum atomic E-state index is 12.9. The minimum absolute atomic E-state index is 0.0114. The molecule has 0 fully saturated rings. The molecule has 0 rings (SSSR count). The molecule has 1 amide bonds. The van der Waals surface area contributed by atoms with Crippen molar-refractivity contribution in [3.05, 3.63) is 48.6 Å². The minimum atomic E-state index is -4.60. The van der Waals surface area contributed by atoms with Crippen molar-refractivity contribution in [2.45, 2.75) is 219 Å². The SMILES string of the molecule is CCCCCCCCC/C=C\CCCCCCCC(=O)NC(COP(=O)([O-])OCC[N+](C)(C)C)C(O)/C=C/CC/C=C/CC/C=C/CCCCCCCCCCCC. The molecule has 0 aromatic heterocycles. The number of allylic oxidation sites excluding steroid dienone is 7. The number of unbranched alkanes of at least 4 members (excludes halogenated alkanes) is 24. The topological polar surface area (TPSA) is 108 Å². The summed E-state index contributed by atoms with van der Waals surface area (Å²) in [6.07, 6.45) is 51.6. The Hall–Kier alpha value is -1.54. The molecule has 340 valence electrons. The quantitative estimate of drug-likeness (QED) is 0.0274. The molecular formula is C49H93N2O6P. The van der Waals surface area contributed by atoms with E-state index in [1.807, 2.05) is 27.2 Å². The number of amides is 1. The number of likely N-dealkylation sites (N-methyl/N-ethyl adjacent to an activating group) is 1. The van der Waals surface area contributed by atoms with Gasteiger partial charge in [0.05, 0.1) is 39.9 Å². The second-order valence-corrected chi connectivity index (χ2v) is 18.8. The summed E-state index contributed by atoms with van der Waals surface area (Å²) < 4.78 is 23.2. The van der Waals surface area contributed by atoms with Crippen molar-refractivity contribution >= 4 is 13.7 Å². The number of quaternary nitrogens is 1. The molecule has 58 heavy (non-hydrogen) atoms. The zero-order chi connectivity index (χ0) is 42.8. The van der Waals surface area contributed by atoms with E-state index in [1.165, 1.54) is 122 Å². The largest absolute Gasteiger partial charge is 0.756 e. The number of rotatable bonds is 43. The monoisotopic (exact) mass is 837 g/mol. The van der Waals surface area contributed by atoms with Crippen LogP contribution in [0.25, 0.3) is 0 Å². The van der Waals surface area contributed by atoms with Gasteiger partial charge in [-0.05, 0) is 70.6 Å². The summed E-state index contributed by atoms with van der Waals surface area (Å²) in [6, 6.07) is -0.913. The Bertz CT molecular complexity index is 1090. The first-order valence-electron chi connectivity index (χ1n) is 24.0. The molecular weight excluding hydrogens is 744 g/mol. The van der Waals surface area contributed by atoms with E-state index in [0.717, 1.165) is 64.2 Å². The van der Waals surface area contributed by atoms with Gasteiger partial charge in [-0.25, -0.2) is 0 Å². The third-order valence-electron chi connectivity index (χ3n) is 10.5. The minimum Gasteiger partial charge on any atom is -0.756 e. The summed E-state index contributed by atoms with van der Waals surface area (Å²) in [5.41, 5.74) is 0. The summed E-state index contributed by atoms with van der Waals surface area (Å²) in [4.78, 5) is 25.3. The fraction of sp³-hybridized carbons (Fsp3) is 0.816. The number of nitrogens with one attached hydrogen (secondary N) is 1. The summed E-state index contributed by atoms with van der Waals surface area (Å²) in [5, 5.41) is 13.8. The second-order valence-electron chi connectivity index (χ2n) is 17.4. The maximum absolute atomic E-state index is 12.9. The highest BCUT2D eigenvalue weighted by Crippen LogP contribution is 2.38. The number of phosphoric acid groups is 1. The number of aliphatic hydroxyl groups is 1. The zero-order valence-electron chi connectivity index (χ0n) is 38.5. The number of hydrogen-bond donors (Lipinski definition) is 2. The molecule has 8 nitrogen and oxygen atoms in total. The van der Waals surface area contributed by atoms with Crippen LogP contribution in [0, 0.1) is 0 Å². The number of phosphoric ester groups is 1. The highest BCUT2D eigenvalue weighted by molar-refractivity contribution is 7.45. The predicted molar refractivity (Wildman–Crippen MR) is 247 cm³/mol. The molecule has 0 aliphatic heterocycles. The smallest absolute Gasteiger partial charge is 0.268 e. The van der Waals surface area contributed by atoms with E-state index >= 15 is 0 Å². The third kappa shape index (κ3) is 42.6. The average Bonchev–Trinajstić information content (AvgIpc) is 3.17. The molecule has 0 heterocycles. The van der Waals surface area contributed by atoms with E-state index in [4.69, 9.17) is 9.05 Å². The van der Waals surface area contributed by atoms with Crippen molar-refractivity contribution in [3.8, 4) is 0 Å². The fourth-order valence-corrected chi connectivity index (χ4v) is 7.37. The summed E-state index contributed by atoms with van der Waals surface area (Å²) in [7, 11) is 1.23. The highest BCUT2D eigenvalue weighted by Gasteiger charge is 2.23. The van der Waals surface area contributed by atoms with Crippen LogP contribution in [0.5, 0.6) is 0 Å². The molecule has 0 aliphatic carbocycles. The lowest BCUT2D eigenvalue weighted by atomic mass is 10.1. The van der Waals surface area contributed by atoms with E-state index < -0.39 is 26.6 Å². The Morgan fingerprint density at radius 2 is 0.966 bits per heavy atom. The fourth-order valence-electron chi connectivity index (χ4n) is 6.65. The van der Waals surface area contributed by atoms with Gasteiger partial charge in [0.25, 0.3) is 7.82 Å². The summed E-state index contributed by atoms with van der Waals surface area (Å²) in [6.45, 7) is 4.61. The van der Waals surface area contributed by atoms with Crippen molar-refractivity contribution in [1.82, 2.24) is 5.32 Å². The average molecular weight is 837 g/mol. The van der Waals surface area contributed by atoms with Crippen molar-refractivity contribution in [2.24, 2.45) is 0 Å². The Labute approximate surface area is 359 Å². The van der Waals surface area contributed by atoms with Gasteiger partial charge in [0.15, 0.2) is 0 Å². The second kappa shape index (κ2) is 40.8. The molecule has 3 atom stereocenters. The Morgan fingerprint density at radius 1 is 0.586 bits per heavy atom. The number of carbonyl (C=O) groups excluding carboxylic acids is 1. The lowest BCUT2D eigenvalue weighted by molar-refractivity contribution is -0.870. The van der Waals surface area contributed by atoms with Gasteiger partial charge < -0.3 is 28.8 Å². The number of carbonyl (C=O) groups is 1. The van der Waals surface area contributed by atoms with Crippen LogP contribution in [0.3, 0.4) is 0 Å². The van der Waals surface area contributed by atoms with Gasteiger partial charge in [0.2, 0.25) is 5.91 Å². The number of aliphatic hydroxyl groups excluding tert-OH is 1. The van der Waals surface area contributed by atoms with Crippen molar-refractivity contribution in [3.63, 3.8) is 0 Å². The lowest BCUT2D eigenvalue weighted by Gasteiger charge is -2.29. The van der Waals surface area contributed by atoms with Gasteiger partial charge in [-0.3, -0.25) is 9.36 Å². The maximum Gasteiger partial charge on any atom is 0.268 e. The van der Waals surface area contributed by atoms with Crippen LogP contribution in [0.15, 0.2) is 48.6 Å². The Morgan fingerprint density at radius 3 is 1.40 bits per heavy atom. The van der Waals surface area contributed by atoms with Crippen molar-refractivity contribution in [1.29, 1.82) is 0 Å². The first-order chi connectivity index (χ1) is 28.0. The van der Waals surface area contributed by atoms with Crippen LogP contribution < -0.4 is 10.2 Å². The first-order valence-corrected chi connectivity index (χ1v) is 25.5. The van der Waals surface area contributed by atoms with Crippen LogP contribution in [0.2, 0.25) is 0 Å². The molecule has 0 spiro atoms. The number of hydrogen-bond acceptors (Lipinski definition) is 6. The van der Waals surface area contributed by atoms with Gasteiger partial charge in [0.1, 0.15) is 13.2 Å². The summed E-state index contributed by atoms with van der Waals surface area (Å²) >= 11 is 0. The number of nitrogens with zero attached hydrogens (tertiary/aromatic N) is 1. The van der Waals surface area contributed by atoms with Gasteiger partial charge in [0, 0.05) is 6.42 Å². The molecule has 0 saturated heterocycles. The van der Waals surface area contributed by atoms with Gasteiger partial charge in [-0.1, -0.05) is 178 Å². The van der Waals surface area contributed by atoms with Gasteiger partial charge >= 0.3 is 0 Å². The molecule has 0 aliphatic rings. The lowest BCUT2D eigenvalue weighted by Crippen LogP contribution is -2.45. The van der Waals surface area contributed by atoms with Crippen LogP contribution in [-0.2, 0) is 18.4 Å². The molecule has 0 bridgehead atoms. The predicted octanol–water partition coefficient (Wildman–Crippen LogP) is 13.0. The van der Waals surface area contributed by atoms with Crippen LogP contribution in [0.4, 0.5) is 0 Å². The van der Waals surface area contributed by atoms with Crippen molar-refractivity contribution < 1.29 is 32.9 Å². The Balaban J connectivity index is 4.47. The highest BCUT2D eigenvalue weighted by atomic mass is 31.2. The summed E-state index contributed by atoms with van der Waals surface area (Å²) in [5.74, 6) is -0.221. The molecule has 0 saturated carbocycles. The van der Waals surface area contributed by atoms with Crippen LogP contribution >= 0.6 is 7.82 Å². The molecule has 0 aromatic rings. The van der Waals surface area contributed by atoms with Gasteiger partial charge in [-0.15, -0.1) is 0 Å². The van der Waals surface area contributed by atoms with E-state index in [0.29, 0.717) is 17.4 Å². The first kappa shape index (κ1) is 56.5. The molecule has 9 heteroatoms. The van der Waals surface area contributed by atoms with Crippen LogP contribution in [0.1, 0.15) is 206 Å².